The number of fused-ring (bicyclic) bond motifs is 1. The molecule has 0 radical (unpaired) electrons. The summed E-state index contributed by atoms with van der Waals surface area (Å²) >= 11 is 12.9. The molecule has 0 aliphatic rings. The Labute approximate surface area is 197 Å². The van der Waals surface area contributed by atoms with E-state index in [0.717, 1.165) is 35.4 Å². The molecule has 0 bridgehead atoms. The summed E-state index contributed by atoms with van der Waals surface area (Å²) in [6, 6.07) is 9.53. The van der Waals surface area contributed by atoms with Gasteiger partial charge in [-0.3, -0.25) is 4.79 Å². The molecular formula is C22H23Br2ClN2O3. The van der Waals surface area contributed by atoms with Gasteiger partial charge in [0.25, 0.3) is 0 Å². The summed E-state index contributed by atoms with van der Waals surface area (Å²) in [6.07, 6.45) is 1.14. The largest absolute Gasteiger partial charge is 0.480 e. The first-order valence-corrected chi connectivity index (χ1v) is 11.7. The van der Waals surface area contributed by atoms with E-state index in [9.17, 15) is 4.79 Å². The lowest BCUT2D eigenvalue weighted by Gasteiger charge is -2.13. The maximum absolute atomic E-state index is 11.0. The second kappa shape index (κ2) is 9.71. The number of aryl methyl sites for hydroxylation is 1. The molecule has 0 saturated heterocycles. The smallest absolute Gasteiger partial charge is 0.321 e. The summed E-state index contributed by atoms with van der Waals surface area (Å²) in [6.45, 7) is 7.34. The van der Waals surface area contributed by atoms with Crippen LogP contribution in [0.15, 0.2) is 39.3 Å². The summed E-state index contributed by atoms with van der Waals surface area (Å²) in [7, 11) is 0. The number of ether oxygens (including phenoxy) is 1. The molecule has 0 aliphatic heterocycles. The van der Waals surface area contributed by atoms with Crippen LogP contribution < -0.4 is 4.74 Å². The molecule has 1 unspecified atom stereocenters. The zero-order valence-electron chi connectivity index (χ0n) is 17.0. The lowest BCUT2D eigenvalue weighted by molar-refractivity contribution is -0.136. The normalized spacial score (nSPS) is 12.5. The first-order valence-electron chi connectivity index (χ1n) is 9.71. The van der Waals surface area contributed by atoms with Crippen molar-refractivity contribution in [1.82, 2.24) is 9.55 Å². The lowest BCUT2D eigenvalue weighted by atomic mass is 10.1. The molecular weight excluding hydrogens is 536 g/mol. The Morgan fingerprint density at radius 2 is 1.87 bits per heavy atom. The molecule has 3 rings (SSSR count). The van der Waals surface area contributed by atoms with Crippen molar-refractivity contribution in [3.05, 3.63) is 50.7 Å². The van der Waals surface area contributed by atoms with Crippen LogP contribution in [0.5, 0.6) is 11.5 Å². The van der Waals surface area contributed by atoms with Crippen molar-refractivity contribution in [2.24, 2.45) is 5.92 Å². The van der Waals surface area contributed by atoms with Gasteiger partial charge < -0.3 is 14.4 Å². The minimum absolute atomic E-state index is 0.217. The van der Waals surface area contributed by atoms with Gasteiger partial charge in [-0.1, -0.05) is 13.8 Å². The van der Waals surface area contributed by atoms with Gasteiger partial charge in [-0.05, 0) is 81.0 Å². The molecule has 8 heteroatoms. The number of rotatable bonds is 8. The van der Waals surface area contributed by atoms with Gasteiger partial charge in [-0.15, -0.1) is 11.6 Å². The molecule has 0 saturated carbocycles. The van der Waals surface area contributed by atoms with E-state index >= 15 is 0 Å². The van der Waals surface area contributed by atoms with Crippen LogP contribution in [0, 0.1) is 5.92 Å². The minimum atomic E-state index is -1.04. The van der Waals surface area contributed by atoms with Gasteiger partial charge in [0, 0.05) is 19.0 Å². The Morgan fingerprint density at radius 3 is 2.43 bits per heavy atom. The predicted octanol–water partition coefficient (Wildman–Crippen LogP) is 6.81. The van der Waals surface area contributed by atoms with Gasteiger partial charge in [0.05, 0.1) is 20.0 Å². The van der Waals surface area contributed by atoms with Crippen molar-refractivity contribution in [2.45, 2.75) is 45.5 Å². The lowest BCUT2D eigenvalue weighted by Crippen LogP contribution is -2.16. The Bertz CT molecular complexity index is 1060. The molecule has 1 aromatic heterocycles. The van der Waals surface area contributed by atoms with Crippen LogP contribution in [0.3, 0.4) is 0 Å². The number of hydrogen-bond acceptors (Lipinski definition) is 3. The molecule has 0 aliphatic carbocycles. The van der Waals surface area contributed by atoms with Gasteiger partial charge in [0.15, 0.2) is 5.75 Å². The fourth-order valence-electron chi connectivity index (χ4n) is 3.33. The molecule has 0 spiro atoms. The quantitative estimate of drug-likeness (QED) is 0.309. The van der Waals surface area contributed by atoms with E-state index in [1.54, 1.807) is 0 Å². The molecule has 1 heterocycles. The number of carbonyl (C=O) groups is 1. The summed E-state index contributed by atoms with van der Waals surface area (Å²) in [5.41, 5.74) is 2.79. The second-order valence-corrected chi connectivity index (χ2v) is 9.76. The van der Waals surface area contributed by atoms with Gasteiger partial charge in [-0.2, -0.15) is 0 Å². The molecule has 0 fully saturated rings. The minimum Gasteiger partial charge on any atom is -0.480 e. The number of hydrogen-bond donors (Lipinski definition) is 1. The standard InChI is InChI=1S/C22H23Br2ClN2O3/c1-4-27-19-11-14(5-6-18(19)26-20(27)7-12(2)3)30-21-15(23)8-13(9-16(21)24)10-17(25)22(28)29/h5-6,8-9,11-12,17H,4,7,10H2,1-3H3,(H,28,29). The second-order valence-electron chi connectivity index (χ2n) is 7.52. The number of carboxylic acids is 1. The highest BCUT2D eigenvalue weighted by atomic mass is 79.9. The predicted molar refractivity (Wildman–Crippen MR) is 127 cm³/mol. The van der Waals surface area contributed by atoms with Crippen molar-refractivity contribution in [2.75, 3.05) is 0 Å². The van der Waals surface area contributed by atoms with E-state index in [-0.39, 0.29) is 6.42 Å². The third-order valence-corrected chi connectivity index (χ3v) is 6.19. The number of nitrogens with zero attached hydrogens (tertiary/aromatic N) is 2. The highest BCUT2D eigenvalue weighted by Gasteiger charge is 2.18. The fourth-order valence-corrected chi connectivity index (χ4v) is 4.95. The third kappa shape index (κ3) is 5.18. The molecule has 160 valence electrons. The first-order chi connectivity index (χ1) is 14.2. The average Bonchev–Trinajstić information content (AvgIpc) is 3.00. The number of aliphatic carboxylic acids is 1. The molecule has 0 amide bonds. The van der Waals surface area contributed by atoms with Crippen LogP contribution in [0.2, 0.25) is 0 Å². The Hall–Kier alpha value is -1.57. The first kappa shape index (κ1) is 23.1. The van der Waals surface area contributed by atoms with Crippen LogP contribution in [-0.2, 0) is 24.2 Å². The maximum atomic E-state index is 11.0. The van der Waals surface area contributed by atoms with Gasteiger partial charge in [0.1, 0.15) is 17.0 Å². The molecule has 2 aromatic carbocycles. The van der Waals surface area contributed by atoms with Gasteiger partial charge >= 0.3 is 5.97 Å². The zero-order chi connectivity index (χ0) is 22.0. The Balaban J connectivity index is 1.91. The third-order valence-electron chi connectivity index (χ3n) is 4.67. The fraction of sp³-hybridized carbons (Fsp3) is 0.364. The summed E-state index contributed by atoms with van der Waals surface area (Å²) < 4.78 is 9.81. The van der Waals surface area contributed by atoms with E-state index in [1.165, 1.54) is 0 Å². The molecule has 3 aromatic rings. The maximum Gasteiger partial charge on any atom is 0.321 e. The van der Waals surface area contributed by atoms with Crippen molar-refractivity contribution in [3.63, 3.8) is 0 Å². The molecule has 1 atom stereocenters. The molecule has 30 heavy (non-hydrogen) atoms. The Kier molecular flexibility index (Phi) is 7.47. The zero-order valence-corrected chi connectivity index (χ0v) is 20.9. The van der Waals surface area contributed by atoms with Crippen molar-refractivity contribution in [1.29, 1.82) is 0 Å². The van der Waals surface area contributed by atoms with Crippen LogP contribution in [-0.4, -0.2) is 26.0 Å². The monoisotopic (exact) mass is 556 g/mol. The van der Waals surface area contributed by atoms with Crippen molar-refractivity contribution >= 4 is 60.5 Å². The summed E-state index contributed by atoms with van der Waals surface area (Å²) in [4.78, 5) is 15.8. The van der Waals surface area contributed by atoms with Crippen LogP contribution >= 0.6 is 43.5 Å². The number of imidazole rings is 1. The average molecular weight is 559 g/mol. The van der Waals surface area contributed by atoms with E-state index < -0.39 is 11.3 Å². The van der Waals surface area contributed by atoms with E-state index in [2.05, 4.69) is 57.2 Å². The van der Waals surface area contributed by atoms with E-state index in [4.69, 9.17) is 26.4 Å². The van der Waals surface area contributed by atoms with Crippen LogP contribution in [0.25, 0.3) is 11.0 Å². The SMILES string of the molecule is CCn1c(CC(C)C)nc2ccc(Oc3c(Br)cc(CC(Cl)C(=O)O)cc3Br)cc21. The number of alkyl halides is 1. The highest BCUT2D eigenvalue weighted by molar-refractivity contribution is 9.11. The summed E-state index contributed by atoms with van der Waals surface area (Å²) in [5.74, 6) is 1.89. The molecule has 1 N–H and O–H groups in total. The van der Waals surface area contributed by atoms with Crippen LogP contribution in [0.4, 0.5) is 0 Å². The van der Waals surface area contributed by atoms with E-state index in [1.807, 2.05) is 30.3 Å². The molecule has 5 nitrogen and oxygen atoms in total. The van der Waals surface area contributed by atoms with Gasteiger partial charge in [0.2, 0.25) is 0 Å². The topological polar surface area (TPSA) is 64.4 Å². The highest BCUT2D eigenvalue weighted by Crippen LogP contribution is 2.39. The van der Waals surface area contributed by atoms with Crippen LogP contribution in [0.1, 0.15) is 32.2 Å². The number of aromatic nitrogens is 2. The van der Waals surface area contributed by atoms with Gasteiger partial charge in [-0.25, -0.2) is 4.98 Å². The van der Waals surface area contributed by atoms with E-state index in [0.29, 0.717) is 26.4 Å². The number of halogens is 3. The number of benzene rings is 2. The summed E-state index contributed by atoms with van der Waals surface area (Å²) in [5, 5.41) is 8.04. The Morgan fingerprint density at radius 1 is 1.20 bits per heavy atom. The van der Waals surface area contributed by atoms with Crippen molar-refractivity contribution in [3.8, 4) is 11.5 Å². The number of carboxylic acid groups (broad SMARTS) is 1. The van der Waals surface area contributed by atoms with Crippen molar-refractivity contribution < 1.29 is 14.6 Å².